The molecule has 106 valence electrons. The van der Waals surface area contributed by atoms with Gasteiger partial charge in [-0.05, 0) is 24.3 Å². The van der Waals surface area contributed by atoms with E-state index >= 15 is 0 Å². The number of hydrogen-bond acceptors (Lipinski definition) is 4. The number of benzene rings is 2. The molecule has 0 saturated heterocycles. The number of rotatable bonds is 5. The molecule has 0 heterocycles. The van der Waals surface area contributed by atoms with Crippen molar-refractivity contribution in [1.29, 1.82) is 5.26 Å². The third-order valence-electron chi connectivity index (χ3n) is 2.84. The average molecular weight is 302 g/mol. The highest BCUT2D eigenvalue weighted by Gasteiger charge is 2.12. The van der Waals surface area contributed by atoms with E-state index in [-0.39, 0.29) is 12.4 Å². The van der Waals surface area contributed by atoms with E-state index in [1.807, 2.05) is 6.07 Å². The molecular weight excluding hydrogens is 290 g/mol. The van der Waals surface area contributed by atoms with E-state index < -0.39 is 0 Å². The third kappa shape index (κ3) is 3.53. The Kier molecular flexibility index (Phi) is 4.81. The Morgan fingerprint density at radius 3 is 2.71 bits per heavy atom. The third-order valence-corrected chi connectivity index (χ3v) is 3.15. The van der Waals surface area contributed by atoms with Gasteiger partial charge in [-0.25, -0.2) is 0 Å². The Balaban J connectivity index is 2.08. The van der Waals surface area contributed by atoms with Crippen LogP contribution in [0.25, 0.3) is 0 Å². The molecule has 0 spiro atoms. The van der Waals surface area contributed by atoms with E-state index in [1.165, 1.54) is 13.2 Å². The van der Waals surface area contributed by atoms with Crippen LogP contribution in [0.3, 0.4) is 0 Å². The number of carbonyl (C=O) groups is 1. The van der Waals surface area contributed by atoms with E-state index in [2.05, 4.69) is 0 Å². The molecule has 0 unspecified atom stereocenters. The fourth-order valence-corrected chi connectivity index (χ4v) is 1.99. The normalized spacial score (nSPS) is 9.76. The Labute approximate surface area is 127 Å². The Bertz CT molecular complexity index is 707. The Morgan fingerprint density at radius 2 is 2.05 bits per heavy atom. The summed E-state index contributed by atoms with van der Waals surface area (Å²) in [7, 11) is 1.51. The molecule has 0 aliphatic heterocycles. The Hall–Kier alpha value is -2.51. The maximum Gasteiger partial charge on any atom is 0.203 e. The lowest BCUT2D eigenvalue weighted by atomic mass is 10.1. The van der Waals surface area contributed by atoms with Gasteiger partial charge in [-0.15, -0.1) is 0 Å². The van der Waals surface area contributed by atoms with Gasteiger partial charge in [-0.2, -0.15) is 5.26 Å². The number of ether oxygens (including phenoxy) is 2. The van der Waals surface area contributed by atoms with Gasteiger partial charge in [0, 0.05) is 6.07 Å². The van der Waals surface area contributed by atoms with Gasteiger partial charge in [0.1, 0.15) is 17.6 Å². The van der Waals surface area contributed by atoms with Gasteiger partial charge in [-0.1, -0.05) is 23.7 Å². The lowest BCUT2D eigenvalue weighted by Gasteiger charge is -2.09. The number of hydrogen-bond donors (Lipinski definition) is 0. The fourth-order valence-electron chi connectivity index (χ4n) is 1.78. The molecule has 0 N–H and O–H groups in total. The highest BCUT2D eigenvalue weighted by Crippen LogP contribution is 2.23. The van der Waals surface area contributed by atoms with E-state index in [1.54, 1.807) is 36.4 Å². The maximum atomic E-state index is 12.1. The summed E-state index contributed by atoms with van der Waals surface area (Å²) in [4.78, 5) is 12.1. The minimum atomic E-state index is -0.201. The second-order valence-corrected chi connectivity index (χ2v) is 4.57. The van der Waals surface area contributed by atoms with Gasteiger partial charge < -0.3 is 9.47 Å². The van der Waals surface area contributed by atoms with Crippen LogP contribution in [0.1, 0.15) is 15.9 Å². The Morgan fingerprint density at radius 1 is 1.29 bits per heavy atom. The van der Waals surface area contributed by atoms with Gasteiger partial charge in [0.2, 0.25) is 5.78 Å². The molecular formula is C16H12ClNO3. The molecule has 2 rings (SSSR count). The van der Waals surface area contributed by atoms with Crippen LogP contribution >= 0.6 is 11.6 Å². The summed E-state index contributed by atoms with van der Waals surface area (Å²) in [6, 6.07) is 13.5. The lowest BCUT2D eigenvalue weighted by molar-refractivity contribution is 0.0918. The van der Waals surface area contributed by atoms with Crippen LogP contribution in [-0.4, -0.2) is 19.5 Å². The van der Waals surface area contributed by atoms with Crippen LogP contribution in [0.5, 0.6) is 11.5 Å². The molecule has 2 aromatic carbocycles. The van der Waals surface area contributed by atoms with E-state index in [9.17, 15) is 4.79 Å². The van der Waals surface area contributed by atoms with Crippen molar-refractivity contribution < 1.29 is 14.3 Å². The highest BCUT2D eigenvalue weighted by atomic mass is 35.5. The minimum Gasteiger partial charge on any atom is -0.496 e. The predicted octanol–water partition coefficient (Wildman–Crippen LogP) is 3.48. The molecule has 4 nitrogen and oxygen atoms in total. The summed E-state index contributed by atoms with van der Waals surface area (Å²) in [5, 5.41) is 9.08. The molecule has 21 heavy (non-hydrogen) atoms. The van der Waals surface area contributed by atoms with E-state index in [0.717, 1.165) is 0 Å². The number of para-hydroxylation sites is 1. The van der Waals surface area contributed by atoms with Gasteiger partial charge >= 0.3 is 0 Å². The molecule has 0 amide bonds. The lowest BCUT2D eigenvalue weighted by Crippen LogP contribution is -2.12. The highest BCUT2D eigenvalue weighted by molar-refractivity contribution is 6.31. The van der Waals surface area contributed by atoms with Gasteiger partial charge in [0.15, 0.2) is 6.61 Å². The molecule has 0 aromatic heterocycles. The van der Waals surface area contributed by atoms with E-state index in [4.69, 9.17) is 26.3 Å². The van der Waals surface area contributed by atoms with E-state index in [0.29, 0.717) is 27.6 Å². The van der Waals surface area contributed by atoms with Crippen molar-refractivity contribution in [3.8, 4) is 17.6 Å². The van der Waals surface area contributed by atoms with Crippen LogP contribution in [0.4, 0.5) is 0 Å². The predicted molar refractivity (Wildman–Crippen MR) is 79.0 cm³/mol. The summed E-state index contributed by atoms with van der Waals surface area (Å²) >= 11 is 5.90. The summed E-state index contributed by atoms with van der Waals surface area (Å²) in [6.45, 7) is -0.136. The monoisotopic (exact) mass is 301 g/mol. The van der Waals surface area contributed by atoms with Crippen LogP contribution in [0.15, 0.2) is 42.5 Å². The SMILES string of the molecule is COc1ccccc1C(=O)COc1ccc(C#N)c(Cl)c1. The van der Waals surface area contributed by atoms with Crippen molar-refractivity contribution in [2.45, 2.75) is 0 Å². The summed E-state index contributed by atoms with van der Waals surface area (Å²) < 4.78 is 10.5. The number of Topliss-reactive ketones (excluding diaryl/α,β-unsaturated/α-hetero) is 1. The van der Waals surface area contributed by atoms with Crippen molar-refractivity contribution in [3.63, 3.8) is 0 Å². The van der Waals surface area contributed by atoms with Gasteiger partial charge in [-0.3, -0.25) is 4.79 Å². The van der Waals surface area contributed by atoms with Crippen LogP contribution < -0.4 is 9.47 Å². The zero-order chi connectivity index (χ0) is 15.2. The summed E-state index contributed by atoms with van der Waals surface area (Å²) in [5.74, 6) is 0.735. The number of nitriles is 1. The first-order valence-electron chi connectivity index (χ1n) is 6.14. The number of methoxy groups -OCH3 is 1. The van der Waals surface area contributed by atoms with Crippen LogP contribution in [0, 0.1) is 11.3 Å². The van der Waals surface area contributed by atoms with Crippen LogP contribution in [0.2, 0.25) is 5.02 Å². The maximum absolute atomic E-state index is 12.1. The topological polar surface area (TPSA) is 59.3 Å². The van der Waals surface area contributed by atoms with Crippen molar-refractivity contribution in [1.82, 2.24) is 0 Å². The molecule has 5 heteroatoms. The summed E-state index contributed by atoms with van der Waals surface area (Å²) in [5.41, 5.74) is 0.819. The zero-order valence-corrected chi connectivity index (χ0v) is 12.1. The average Bonchev–Trinajstić information content (AvgIpc) is 2.52. The molecule has 0 radical (unpaired) electrons. The number of nitrogens with zero attached hydrogens (tertiary/aromatic N) is 1. The second-order valence-electron chi connectivity index (χ2n) is 4.17. The van der Waals surface area contributed by atoms with Crippen LogP contribution in [-0.2, 0) is 0 Å². The summed E-state index contributed by atoms with van der Waals surface area (Å²) in [6.07, 6.45) is 0. The number of carbonyl (C=O) groups excluding carboxylic acids is 1. The molecule has 0 bridgehead atoms. The molecule has 0 aliphatic carbocycles. The van der Waals surface area contributed by atoms with Crippen molar-refractivity contribution in [2.75, 3.05) is 13.7 Å². The molecule has 0 saturated carbocycles. The standard InChI is InChI=1S/C16H12ClNO3/c1-20-16-5-3-2-4-13(16)15(19)10-21-12-7-6-11(9-18)14(17)8-12/h2-8H,10H2,1H3. The number of halogens is 1. The second kappa shape index (κ2) is 6.78. The largest absolute Gasteiger partial charge is 0.496 e. The molecule has 0 fully saturated rings. The minimum absolute atomic E-state index is 0.136. The van der Waals surface area contributed by atoms with Crippen molar-refractivity contribution in [2.24, 2.45) is 0 Å². The van der Waals surface area contributed by atoms with Gasteiger partial charge in [0.05, 0.1) is 23.3 Å². The van der Waals surface area contributed by atoms with Gasteiger partial charge in [0.25, 0.3) is 0 Å². The van der Waals surface area contributed by atoms with Crippen molar-refractivity contribution >= 4 is 17.4 Å². The quantitative estimate of drug-likeness (QED) is 0.793. The zero-order valence-electron chi connectivity index (χ0n) is 11.3. The molecule has 2 aromatic rings. The first kappa shape index (κ1) is 14.9. The first-order chi connectivity index (χ1) is 10.2. The molecule has 0 atom stereocenters. The molecule has 0 aliphatic rings. The number of ketones is 1. The first-order valence-corrected chi connectivity index (χ1v) is 6.52. The van der Waals surface area contributed by atoms with Crippen molar-refractivity contribution in [3.05, 3.63) is 58.6 Å². The fraction of sp³-hybridized carbons (Fsp3) is 0.125. The smallest absolute Gasteiger partial charge is 0.203 e.